The van der Waals surface area contributed by atoms with E-state index in [4.69, 9.17) is 0 Å². The predicted molar refractivity (Wildman–Crippen MR) is 41.0 cm³/mol. The van der Waals surface area contributed by atoms with Gasteiger partial charge in [0, 0.05) is 20.0 Å². The number of alkyl halides is 3. The Morgan fingerprint density at radius 1 is 1.31 bits per heavy atom. The molecule has 1 amide bonds. The minimum absolute atomic E-state index is 0.0447. The maximum Gasteiger partial charge on any atom is 0.391 e. The van der Waals surface area contributed by atoms with Crippen LogP contribution in [-0.4, -0.2) is 30.1 Å². The lowest BCUT2D eigenvalue weighted by molar-refractivity contribution is -0.186. The van der Waals surface area contributed by atoms with Gasteiger partial charge in [-0.25, -0.2) is 0 Å². The number of hydrogen-bond donors (Lipinski definition) is 0. The van der Waals surface area contributed by atoms with Crippen LogP contribution in [0.2, 0.25) is 0 Å². The summed E-state index contributed by atoms with van der Waals surface area (Å²) in [5.74, 6) is -1.36. The fourth-order valence-corrected chi connectivity index (χ4v) is 1.52. The zero-order valence-electron chi connectivity index (χ0n) is 7.40. The van der Waals surface area contributed by atoms with E-state index in [0.29, 0.717) is 0 Å². The van der Waals surface area contributed by atoms with E-state index in [0.717, 1.165) is 0 Å². The number of halogens is 3. The highest BCUT2D eigenvalue weighted by atomic mass is 19.4. The van der Waals surface area contributed by atoms with Gasteiger partial charge in [-0.15, -0.1) is 0 Å². The summed E-state index contributed by atoms with van der Waals surface area (Å²) >= 11 is 0. The van der Waals surface area contributed by atoms with Gasteiger partial charge in [0.25, 0.3) is 0 Å². The monoisotopic (exact) mass is 195 g/mol. The van der Waals surface area contributed by atoms with Gasteiger partial charge < -0.3 is 4.90 Å². The number of amides is 1. The largest absolute Gasteiger partial charge is 0.391 e. The normalized spacial score (nSPS) is 20.5. The number of hydrogen-bond acceptors (Lipinski definition) is 1. The van der Waals surface area contributed by atoms with E-state index in [2.05, 4.69) is 0 Å². The summed E-state index contributed by atoms with van der Waals surface area (Å²) < 4.78 is 36.5. The van der Waals surface area contributed by atoms with Gasteiger partial charge in [-0.2, -0.15) is 13.2 Å². The molecule has 0 N–H and O–H groups in total. The van der Waals surface area contributed by atoms with E-state index < -0.39 is 12.1 Å². The Balaban J connectivity index is 2.44. The van der Waals surface area contributed by atoms with Crippen LogP contribution in [0.1, 0.15) is 19.8 Å². The number of piperidine rings is 1. The summed E-state index contributed by atoms with van der Waals surface area (Å²) in [6.07, 6.45) is -4.00. The topological polar surface area (TPSA) is 20.3 Å². The number of rotatable bonds is 0. The molecule has 0 aliphatic carbocycles. The first-order valence-electron chi connectivity index (χ1n) is 4.23. The van der Waals surface area contributed by atoms with Crippen LogP contribution in [0.3, 0.4) is 0 Å². The van der Waals surface area contributed by atoms with Crippen LogP contribution < -0.4 is 0 Å². The quantitative estimate of drug-likeness (QED) is 0.577. The van der Waals surface area contributed by atoms with E-state index in [1.807, 2.05) is 0 Å². The predicted octanol–water partition coefficient (Wildman–Crippen LogP) is 1.81. The van der Waals surface area contributed by atoms with Crippen molar-refractivity contribution >= 4 is 5.91 Å². The van der Waals surface area contributed by atoms with Crippen LogP contribution in [0.4, 0.5) is 13.2 Å². The molecule has 0 saturated carbocycles. The Bertz CT molecular complexity index is 194. The first kappa shape index (κ1) is 10.3. The molecule has 1 saturated heterocycles. The lowest BCUT2D eigenvalue weighted by atomic mass is 9.96. The third kappa shape index (κ3) is 2.60. The molecule has 0 spiro atoms. The van der Waals surface area contributed by atoms with Gasteiger partial charge >= 0.3 is 6.18 Å². The van der Waals surface area contributed by atoms with Crippen LogP contribution in [0.15, 0.2) is 0 Å². The lowest BCUT2D eigenvalue weighted by Gasteiger charge is -2.32. The molecule has 0 aromatic rings. The van der Waals surface area contributed by atoms with Gasteiger partial charge in [-0.05, 0) is 12.8 Å². The summed E-state index contributed by atoms with van der Waals surface area (Å²) in [5.41, 5.74) is 0. The molecule has 0 aromatic carbocycles. The summed E-state index contributed by atoms with van der Waals surface area (Å²) in [4.78, 5) is 12.3. The maximum atomic E-state index is 12.2. The van der Waals surface area contributed by atoms with Gasteiger partial charge in [0.15, 0.2) is 0 Å². The van der Waals surface area contributed by atoms with Crippen molar-refractivity contribution in [3.8, 4) is 0 Å². The van der Waals surface area contributed by atoms with Crippen molar-refractivity contribution in [3.63, 3.8) is 0 Å². The van der Waals surface area contributed by atoms with Crippen molar-refractivity contribution < 1.29 is 18.0 Å². The molecule has 5 heteroatoms. The Labute approximate surface area is 74.7 Å². The lowest BCUT2D eigenvalue weighted by Crippen LogP contribution is -2.41. The molecule has 0 bridgehead atoms. The Morgan fingerprint density at radius 3 is 2.08 bits per heavy atom. The number of carbonyl (C=O) groups is 1. The van der Waals surface area contributed by atoms with Gasteiger partial charge in [0.05, 0.1) is 5.92 Å². The van der Waals surface area contributed by atoms with Crippen LogP contribution in [0.5, 0.6) is 0 Å². The number of nitrogens with zero attached hydrogens (tertiary/aromatic N) is 1. The average molecular weight is 195 g/mol. The van der Waals surface area contributed by atoms with Crippen LogP contribution in [0.25, 0.3) is 0 Å². The molecule has 0 radical (unpaired) electrons. The highest BCUT2D eigenvalue weighted by molar-refractivity contribution is 5.73. The standard InChI is InChI=1S/C8H12F3NO/c1-6(13)12-4-2-7(3-5-12)8(9,10)11/h7H,2-5H2,1H3. The highest BCUT2D eigenvalue weighted by Crippen LogP contribution is 2.33. The molecular weight excluding hydrogens is 183 g/mol. The molecule has 0 atom stereocenters. The molecule has 0 unspecified atom stereocenters. The molecule has 1 heterocycles. The van der Waals surface area contributed by atoms with Crippen molar-refractivity contribution in [2.45, 2.75) is 25.9 Å². The Hall–Kier alpha value is -0.740. The summed E-state index contributed by atoms with van der Waals surface area (Å²) in [7, 11) is 0. The van der Waals surface area contributed by atoms with Crippen molar-refractivity contribution in [2.75, 3.05) is 13.1 Å². The van der Waals surface area contributed by atoms with E-state index in [1.165, 1.54) is 11.8 Å². The zero-order valence-corrected chi connectivity index (χ0v) is 7.40. The molecule has 76 valence electrons. The molecule has 1 aliphatic heterocycles. The smallest absolute Gasteiger partial charge is 0.343 e. The first-order valence-corrected chi connectivity index (χ1v) is 4.23. The Kier molecular flexibility index (Phi) is 2.83. The molecular formula is C8H12F3NO. The first-order chi connectivity index (χ1) is 5.91. The van der Waals surface area contributed by atoms with Crippen LogP contribution in [0, 0.1) is 5.92 Å². The van der Waals surface area contributed by atoms with Crippen LogP contribution >= 0.6 is 0 Å². The second kappa shape index (κ2) is 3.55. The van der Waals surface area contributed by atoms with Crippen LogP contribution in [-0.2, 0) is 4.79 Å². The summed E-state index contributed by atoms with van der Waals surface area (Å²) in [6.45, 7) is 1.85. The fourth-order valence-electron chi connectivity index (χ4n) is 1.52. The van der Waals surface area contributed by atoms with E-state index in [9.17, 15) is 18.0 Å². The second-order valence-electron chi connectivity index (χ2n) is 3.32. The van der Waals surface area contributed by atoms with Gasteiger partial charge in [0.2, 0.25) is 5.91 Å². The molecule has 13 heavy (non-hydrogen) atoms. The molecule has 2 nitrogen and oxygen atoms in total. The SMILES string of the molecule is CC(=O)N1CCC(C(F)(F)F)CC1. The van der Waals surface area contributed by atoms with E-state index in [1.54, 1.807) is 0 Å². The highest BCUT2D eigenvalue weighted by Gasteiger charge is 2.41. The summed E-state index contributed by atoms with van der Waals surface area (Å²) in [5, 5.41) is 0. The van der Waals surface area contributed by atoms with Crippen molar-refractivity contribution in [3.05, 3.63) is 0 Å². The third-order valence-corrected chi connectivity index (χ3v) is 2.40. The molecule has 1 fully saturated rings. The van der Waals surface area contributed by atoms with Crippen molar-refractivity contribution in [2.24, 2.45) is 5.92 Å². The summed E-state index contributed by atoms with van der Waals surface area (Å²) in [6, 6.07) is 0. The average Bonchev–Trinajstić information content (AvgIpc) is 2.03. The van der Waals surface area contributed by atoms with E-state index in [-0.39, 0.29) is 31.8 Å². The van der Waals surface area contributed by atoms with Crippen molar-refractivity contribution in [1.29, 1.82) is 0 Å². The molecule has 0 aromatic heterocycles. The van der Waals surface area contributed by atoms with Crippen molar-refractivity contribution in [1.82, 2.24) is 4.90 Å². The number of carbonyl (C=O) groups excluding carboxylic acids is 1. The second-order valence-corrected chi connectivity index (χ2v) is 3.32. The minimum atomic E-state index is -4.09. The molecule has 1 rings (SSSR count). The van der Waals surface area contributed by atoms with Gasteiger partial charge in [0.1, 0.15) is 0 Å². The fraction of sp³-hybridized carbons (Fsp3) is 0.875. The number of likely N-dealkylation sites (tertiary alicyclic amines) is 1. The minimum Gasteiger partial charge on any atom is -0.343 e. The Morgan fingerprint density at radius 2 is 1.77 bits per heavy atom. The van der Waals surface area contributed by atoms with Gasteiger partial charge in [-0.1, -0.05) is 0 Å². The zero-order chi connectivity index (χ0) is 10.1. The maximum absolute atomic E-state index is 12.2. The third-order valence-electron chi connectivity index (χ3n) is 2.40. The van der Waals surface area contributed by atoms with E-state index >= 15 is 0 Å². The molecule has 1 aliphatic rings. The van der Waals surface area contributed by atoms with Gasteiger partial charge in [-0.3, -0.25) is 4.79 Å².